The summed E-state index contributed by atoms with van der Waals surface area (Å²) >= 11 is 0. The Labute approximate surface area is 95.8 Å². The molecule has 0 aromatic carbocycles. The first-order valence-corrected chi connectivity index (χ1v) is 5.94. The molecule has 0 aliphatic carbocycles. The van der Waals surface area contributed by atoms with Crippen molar-refractivity contribution in [3.05, 3.63) is 0 Å². The first-order valence-electron chi connectivity index (χ1n) is 5.94. The zero-order valence-electron chi connectivity index (χ0n) is 9.69. The van der Waals surface area contributed by atoms with E-state index in [0.29, 0.717) is 19.0 Å². The molecule has 2 fully saturated rings. The number of aliphatic hydroxyl groups is 1. The number of nitrogens with zero attached hydrogens (tertiary/aromatic N) is 1. The third kappa shape index (κ3) is 2.53. The molecule has 0 aromatic heterocycles. The lowest BCUT2D eigenvalue weighted by Crippen LogP contribution is -2.48. The number of carbonyl (C=O) groups excluding carboxylic acids is 1. The maximum Gasteiger partial charge on any atom is 0.239 e. The number of ether oxygens (including phenoxy) is 1. The molecule has 2 N–H and O–H groups in total. The first kappa shape index (κ1) is 11.8. The molecule has 2 aliphatic rings. The van der Waals surface area contributed by atoms with Crippen LogP contribution in [0.2, 0.25) is 0 Å². The fraction of sp³-hybridized carbons (Fsp3) is 0.909. The molecule has 0 radical (unpaired) electrons. The second kappa shape index (κ2) is 5.12. The van der Waals surface area contributed by atoms with Crippen molar-refractivity contribution < 1.29 is 14.6 Å². The molecule has 2 atom stereocenters. The predicted molar refractivity (Wildman–Crippen MR) is 59.0 cm³/mol. The molecule has 2 unspecified atom stereocenters. The van der Waals surface area contributed by atoms with Crippen molar-refractivity contribution in [1.82, 2.24) is 10.2 Å². The zero-order chi connectivity index (χ0) is 11.5. The van der Waals surface area contributed by atoms with Gasteiger partial charge in [0, 0.05) is 32.8 Å². The van der Waals surface area contributed by atoms with Crippen molar-refractivity contribution in [2.45, 2.75) is 37.5 Å². The molecule has 5 heteroatoms. The minimum atomic E-state index is -0.378. The highest BCUT2D eigenvalue weighted by Crippen LogP contribution is 2.16. The van der Waals surface area contributed by atoms with Gasteiger partial charge in [-0.15, -0.1) is 0 Å². The van der Waals surface area contributed by atoms with Crippen molar-refractivity contribution in [1.29, 1.82) is 0 Å². The van der Waals surface area contributed by atoms with Crippen LogP contribution in [0.3, 0.4) is 0 Å². The van der Waals surface area contributed by atoms with Crippen LogP contribution in [-0.2, 0) is 9.53 Å². The molecule has 0 bridgehead atoms. The fourth-order valence-corrected chi connectivity index (χ4v) is 2.40. The number of carbonyl (C=O) groups is 1. The summed E-state index contributed by atoms with van der Waals surface area (Å²) in [5, 5.41) is 12.4. The molecule has 0 spiro atoms. The average molecular weight is 228 g/mol. The minimum Gasteiger partial charge on any atom is -0.392 e. The van der Waals surface area contributed by atoms with Gasteiger partial charge < -0.3 is 20.1 Å². The van der Waals surface area contributed by atoms with Gasteiger partial charge in [0.05, 0.1) is 12.1 Å². The second-order valence-electron chi connectivity index (χ2n) is 4.64. The Hall–Kier alpha value is -0.650. The van der Waals surface area contributed by atoms with Crippen LogP contribution in [0.4, 0.5) is 0 Å². The van der Waals surface area contributed by atoms with E-state index in [-0.39, 0.29) is 18.1 Å². The largest absolute Gasteiger partial charge is 0.392 e. The smallest absolute Gasteiger partial charge is 0.239 e. The summed E-state index contributed by atoms with van der Waals surface area (Å²) < 4.78 is 5.28. The SMILES string of the molecule is CN(C(=O)C1CC(O)CN1)C1CCOCC1. The Morgan fingerprint density at radius 2 is 2.12 bits per heavy atom. The van der Waals surface area contributed by atoms with Gasteiger partial charge in [-0.3, -0.25) is 4.79 Å². The lowest BCUT2D eigenvalue weighted by molar-refractivity contribution is -0.135. The normalized spacial score (nSPS) is 31.6. The van der Waals surface area contributed by atoms with Crippen molar-refractivity contribution in [3.63, 3.8) is 0 Å². The maximum atomic E-state index is 12.1. The van der Waals surface area contributed by atoms with Gasteiger partial charge in [-0.1, -0.05) is 0 Å². The van der Waals surface area contributed by atoms with Gasteiger partial charge in [-0.05, 0) is 19.3 Å². The van der Waals surface area contributed by atoms with E-state index in [2.05, 4.69) is 5.32 Å². The number of likely N-dealkylation sites (N-methyl/N-ethyl adjacent to an activating group) is 1. The Kier molecular flexibility index (Phi) is 3.78. The molecule has 0 aromatic rings. The van der Waals surface area contributed by atoms with Crippen molar-refractivity contribution >= 4 is 5.91 Å². The summed E-state index contributed by atoms with van der Waals surface area (Å²) in [6, 6.07) is 0.0867. The zero-order valence-corrected chi connectivity index (χ0v) is 9.69. The van der Waals surface area contributed by atoms with E-state index in [1.165, 1.54) is 0 Å². The molecule has 1 amide bonds. The highest BCUT2D eigenvalue weighted by atomic mass is 16.5. The summed E-state index contributed by atoms with van der Waals surface area (Å²) in [6.07, 6.45) is 1.98. The van der Waals surface area contributed by atoms with Gasteiger partial charge >= 0.3 is 0 Å². The molecule has 2 aliphatic heterocycles. The Morgan fingerprint density at radius 3 is 2.69 bits per heavy atom. The molecule has 2 heterocycles. The van der Waals surface area contributed by atoms with Crippen molar-refractivity contribution in [2.75, 3.05) is 26.8 Å². The summed E-state index contributed by atoms with van der Waals surface area (Å²) in [6.45, 7) is 2.00. The molecule has 2 rings (SSSR count). The summed E-state index contributed by atoms with van der Waals surface area (Å²) in [4.78, 5) is 13.9. The number of hydrogen-bond acceptors (Lipinski definition) is 4. The number of aliphatic hydroxyl groups excluding tert-OH is 1. The van der Waals surface area contributed by atoms with Crippen LogP contribution in [-0.4, -0.2) is 60.9 Å². The third-order valence-corrected chi connectivity index (χ3v) is 3.49. The second-order valence-corrected chi connectivity index (χ2v) is 4.64. The number of amides is 1. The van der Waals surface area contributed by atoms with Crippen molar-refractivity contribution in [2.24, 2.45) is 0 Å². The van der Waals surface area contributed by atoms with Crippen LogP contribution in [0.1, 0.15) is 19.3 Å². The first-order chi connectivity index (χ1) is 7.68. The predicted octanol–water partition coefficient (Wildman–Crippen LogP) is -0.653. The van der Waals surface area contributed by atoms with Gasteiger partial charge in [0.25, 0.3) is 0 Å². The summed E-state index contributed by atoms with van der Waals surface area (Å²) in [7, 11) is 1.85. The summed E-state index contributed by atoms with van der Waals surface area (Å²) in [5.74, 6) is 0.100. The van der Waals surface area contributed by atoms with Gasteiger partial charge in [0.1, 0.15) is 0 Å². The molecular formula is C11H20N2O3. The van der Waals surface area contributed by atoms with Crippen LogP contribution < -0.4 is 5.32 Å². The van der Waals surface area contributed by atoms with E-state index in [9.17, 15) is 9.90 Å². The van der Waals surface area contributed by atoms with Gasteiger partial charge in [-0.25, -0.2) is 0 Å². The lowest BCUT2D eigenvalue weighted by Gasteiger charge is -2.32. The highest BCUT2D eigenvalue weighted by Gasteiger charge is 2.32. The molecule has 0 saturated carbocycles. The number of β-amino-alcohol motifs (C(OH)–C–C–N with tert-alkyl or cyclic N) is 1. The quantitative estimate of drug-likeness (QED) is 0.659. The van der Waals surface area contributed by atoms with E-state index in [1.807, 2.05) is 11.9 Å². The van der Waals surface area contributed by atoms with E-state index < -0.39 is 0 Å². The maximum absolute atomic E-state index is 12.1. The van der Waals surface area contributed by atoms with Crippen LogP contribution >= 0.6 is 0 Å². The molecule has 2 saturated heterocycles. The monoisotopic (exact) mass is 228 g/mol. The minimum absolute atomic E-state index is 0.100. The van der Waals surface area contributed by atoms with Crippen LogP contribution in [0.5, 0.6) is 0 Å². The lowest BCUT2D eigenvalue weighted by atomic mass is 10.1. The van der Waals surface area contributed by atoms with Crippen LogP contribution in [0, 0.1) is 0 Å². The van der Waals surface area contributed by atoms with Gasteiger partial charge in [-0.2, -0.15) is 0 Å². The summed E-state index contributed by atoms with van der Waals surface area (Å²) in [5.41, 5.74) is 0. The van der Waals surface area contributed by atoms with Gasteiger partial charge in [0.15, 0.2) is 0 Å². The molecular weight excluding hydrogens is 208 g/mol. The van der Waals surface area contributed by atoms with E-state index >= 15 is 0 Å². The Morgan fingerprint density at radius 1 is 1.44 bits per heavy atom. The number of rotatable bonds is 2. The standard InChI is InChI=1S/C11H20N2O3/c1-13(8-2-4-16-5-3-8)11(15)10-6-9(14)7-12-10/h8-10,12,14H,2-7H2,1H3. The highest BCUT2D eigenvalue weighted by molar-refractivity contribution is 5.82. The Balaban J connectivity index is 1.88. The third-order valence-electron chi connectivity index (χ3n) is 3.49. The molecule has 16 heavy (non-hydrogen) atoms. The molecule has 92 valence electrons. The topological polar surface area (TPSA) is 61.8 Å². The van der Waals surface area contributed by atoms with E-state index in [1.54, 1.807) is 0 Å². The Bertz CT molecular complexity index is 254. The fourth-order valence-electron chi connectivity index (χ4n) is 2.40. The molecule has 5 nitrogen and oxygen atoms in total. The number of nitrogens with one attached hydrogen (secondary N) is 1. The average Bonchev–Trinajstić information content (AvgIpc) is 2.75. The van der Waals surface area contributed by atoms with E-state index in [4.69, 9.17) is 4.74 Å². The van der Waals surface area contributed by atoms with Crippen LogP contribution in [0.25, 0.3) is 0 Å². The van der Waals surface area contributed by atoms with Crippen LogP contribution in [0.15, 0.2) is 0 Å². The number of hydrogen-bond donors (Lipinski definition) is 2. The van der Waals surface area contributed by atoms with E-state index in [0.717, 1.165) is 26.1 Å². The van der Waals surface area contributed by atoms with Crippen molar-refractivity contribution in [3.8, 4) is 0 Å². The van der Waals surface area contributed by atoms with Gasteiger partial charge in [0.2, 0.25) is 5.91 Å².